The maximum Gasteiger partial charge on any atom is 0.287 e. The lowest BCUT2D eigenvalue weighted by molar-refractivity contribution is -0.130. The number of hydrogen-bond acceptors (Lipinski definition) is 7. The van der Waals surface area contributed by atoms with Gasteiger partial charge in [-0.1, -0.05) is 12.1 Å². The van der Waals surface area contributed by atoms with Gasteiger partial charge in [0.15, 0.2) is 12.4 Å². The third-order valence-corrected chi connectivity index (χ3v) is 4.31. The summed E-state index contributed by atoms with van der Waals surface area (Å²) in [5.74, 6) is -0.755. The molecule has 0 saturated heterocycles. The fourth-order valence-electron chi connectivity index (χ4n) is 2.22. The van der Waals surface area contributed by atoms with Crippen LogP contribution >= 0.6 is 11.8 Å². The number of ether oxygens (including phenoxy) is 1. The van der Waals surface area contributed by atoms with Gasteiger partial charge in [-0.3, -0.25) is 25.2 Å². The molecule has 9 nitrogen and oxygen atoms in total. The number of benzene rings is 1. The van der Waals surface area contributed by atoms with Gasteiger partial charge >= 0.3 is 0 Å². The van der Waals surface area contributed by atoms with Crippen LogP contribution in [0.25, 0.3) is 0 Å². The lowest BCUT2D eigenvalue weighted by Gasteiger charge is -2.18. The van der Waals surface area contributed by atoms with Crippen LogP contribution in [0.3, 0.4) is 0 Å². The Labute approximate surface area is 171 Å². The van der Waals surface area contributed by atoms with E-state index in [0.717, 1.165) is 0 Å². The van der Waals surface area contributed by atoms with Crippen LogP contribution in [-0.2, 0) is 9.59 Å². The van der Waals surface area contributed by atoms with Crippen LogP contribution in [0, 0.1) is 11.3 Å². The molecule has 3 amide bonds. The van der Waals surface area contributed by atoms with Crippen molar-refractivity contribution in [2.75, 3.05) is 18.6 Å². The van der Waals surface area contributed by atoms with Crippen LogP contribution in [0.1, 0.15) is 22.5 Å². The molecule has 29 heavy (non-hydrogen) atoms. The number of furan rings is 1. The van der Waals surface area contributed by atoms with Crippen LogP contribution in [0.15, 0.2) is 47.1 Å². The molecule has 1 atom stereocenters. The number of nitrogens with zero attached hydrogens (tertiary/aromatic N) is 1. The van der Waals surface area contributed by atoms with Crippen LogP contribution in [-0.4, -0.2) is 42.4 Å². The first-order chi connectivity index (χ1) is 14.0. The zero-order chi connectivity index (χ0) is 21.1. The van der Waals surface area contributed by atoms with Crippen molar-refractivity contribution in [3.8, 4) is 11.8 Å². The Hall–Kier alpha value is -3.45. The Kier molecular flexibility index (Phi) is 8.59. The van der Waals surface area contributed by atoms with Crippen LogP contribution in [0.2, 0.25) is 0 Å². The topological polar surface area (TPSA) is 133 Å². The Bertz CT molecular complexity index is 879. The first kappa shape index (κ1) is 21.8. The number of carbonyl (C=O) groups is 3. The molecule has 1 aromatic carbocycles. The van der Waals surface area contributed by atoms with Crippen LogP contribution in [0.5, 0.6) is 5.75 Å². The van der Waals surface area contributed by atoms with Gasteiger partial charge in [-0.25, -0.2) is 0 Å². The molecule has 2 aromatic rings. The number of nitriles is 1. The van der Waals surface area contributed by atoms with Crippen molar-refractivity contribution in [3.63, 3.8) is 0 Å². The quantitative estimate of drug-likeness (QED) is 0.524. The predicted octanol–water partition coefficient (Wildman–Crippen LogP) is 1.23. The number of thioether (sulfide) groups is 1. The molecule has 0 saturated carbocycles. The maximum atomic E-state index is 12.4. The summed E-state index contributed by atoms with van der Waals surface area (Å²) in [6.07, 6.45) is 3.60. The monoisotopic (exact) mass is 416 g/mol. The van der Waals surface area contributed by atoms with Crippen LogP contribution < -0.4 is 20.9 Å². The Morgan fingerprint density at radius 3 is 2.69 bits per heavy atom. The molecule has 1 unspecified atom stereocenters. The summed E-state index contributed by atoms with van der Waals surface area (Å²) in [5.41, 5.74) is 4.79. The Morgan fingerprint density at radius 2 is 2.00 bits per heavy atom. The fourth-order valence-corrected chi connectivity index (χ4v) is 2.70. The Balaban J connectivity index is 1.85. The standard InChI is InChI=1S/C19H20N4O5S/c1-29-10-8-14(21-19(26)16-7-4-9-27-16)18(25)23-22-17(24)12-28-15-6-3-2-5-13(15)11-20/h2-7,9,14H,8,10,12H2,1H3,(H,21,26)(H,22,24)(H,23,25). The highest BCUT2D eigenvalue weighted by Gasteiger charge is 2.22. The van der Waals surface area contributed by atoms with E-state index >= 15 is 0 Å². The van der Waals surface area contributed by atoms with E-state index in [2.05, 4.69) is 16.2 Å². The smallest absolute Gasteiger partial charge is 0.287 e. The van der Waals surface area contributed by atoms with Crippen LogP contribution in [0.4, 0.5) is 0 Å². The van der Waals surface area contributed by atoms with Crippen molar-refractivity contribution < 1.29 is 23.5 Å². The maximum absolute atomic E-state index is 12.4. The second-order valence-electron chi connectivity index (χ2n) is 5.72. The van der Waals surface area contributed by atoms with E-state index in [0.29, 0.717) is 17.7 Å². The molecule has 0 aliphatic carbocycles. The van der Waals surface area contributed by atoms with Gasteiger partial charge in [-0.05, 0) is 42.7 Å². The van der Waals surface area contributed by atoms with Crippen molar-refractivity contribution in [2.45, 2.75) is 12.5 Å². The van der Waals surface area contributed by atoms with Gasteiger partial charge in [-0.15, -0.1) is 0 Å². The minimum Gasteiger partial charge on any atom is -0.482 e. The van der Waals surface area contributed by atoms with Gasteiger partial charge in [0.2, 0.25) is 0 Å². The van der Waals surface area contributed by atoms with Crippen molar-refractivity contribution >= 4 is 29.5 Å². The highest BCUT2D eigenvalue weighted by Crippen LogP contribution is 2.16. The predicted molar refractivity (Wildman–Crippen MR) is 106 cm³/mol. The zero-order valence-corrected chi connectivity index (χ0v) is 16.5. The molecule has 10 heteroatoms. The molecule has 0 bridgehead atoms. The van der Waals surface area contributed by atoms with Crippen molar-refractivity contribution in [3.05, 3.63) is 54.0 Å². The summed E-state index contributed by atoms with van der Waals surface area (Å²) >= 11 is 1.52. The van der Waals surface area contributed by atoms with Gasteiger partial charge in [-0.2, -0.15) is 17.0 Å². The molecule has 0 fully saturated rings. The molecular weight excluding hydrogens is 396 g/mol. The van der Waals surface area contributed by atoms with E-state index in [1.54, 1.807) is 30.3 Å². The first-order valence-corrected chi connectivity index (χ1v) is 9.98. The molecule has 0 radical (unpaired) electrons. The molecule has 152 valence electrons. The highest BCUT2D eigenvalue weighted by atomic mass is 32.2. The number of para-hydroxylation sites is 1. The lowest BCUT2D eigenvalue weighted by Crippen LogP contribution is -2.53. The van der Waals surface area contributed by atoms with E-state index in [-0.39, 0.29) is 11.5 Å². The average molecular weight is 416 g/mol. The number of amides is 3. The minimum atomic E-state index is -0.861. The van der Waals surface area contributed by atoms with E-state index < -0.39 is 30.4 Å². The van der Waals surface area contributed by atoms with Gasteiger partial charge in [0.1, 0.15) is 17.9 Å². The second kappa shape index (κ2) is 11.4. The van der Waals surface area contributed by atoms with Crippen molar-refractivity contribution in [1.82, 2.24) is 16.2 Å². The summed E-state index contributed by atoms with van der Waals surface area (Å²) in [6.45, 7) is -0.396. The van der Waals surface area contributed by atoms with E-state index in [9.17, 15) is 14.4 Å². The number of nitrogens with one attached hydrogen (secondary N) is 3. The van der Waals surface area contributed by atoms with E-state index in [4.69, 9.17) is 14.4 Å². The molecule has 1 heterocycles. The molecule has 2 rings (SSSR count). The summed E-state index contributed by atoms with van der Waals surface area (Å²) in [7, 11) is 0. The molecule has 1 aromatic heterocycles. The Morgan fingerprint density at radius 1 is 1.21 bits per heavy atom. The molecule has 0 aliphatic heterocycles. The molecule has 3 N–H and O–H groups in total. The first-order valence-electron chi connectivity index (χ1n) is 8.59. The number of carbonyl (C=O) groups excluding carboxylic acids is 3. The lowest BCUT2D eigenvalue weighted by atomic mass is 10.2. The fraction of sp³-hybridized carbons (Fsp3) is 0.263. The van der Waals surface area contributed by atoms with Crippen molar-refractivity contribution in [1.29, 1.82) is 5.26 Å². The zero-order valence-electron chi connectivity index (χ0n) is 15.6. The largest absolute Gasteiger partial charge is 0.482 e. The van der Waals surface area contributed by atoms with Gasteiger partial charge in [0, 0.05) is 0 Å². The third kappa shape index (κ3) is 6.90. The van der Waals surface area contributed by atoms with E-state index in [1.807, 2.05) is 12.3 Å². The summed E-state index contributed by atoms with van der Waals surface area (Å²) in [6, 6.07) is 10.6. The highest BCUT2D eigenvalue weighted by molar-refractivity contribution is 7.98. The minimum absolute atomic E-state index is 0.0838. The van der Waals surface area contributed by atoms with Gasteiger partial charge in [0.05, 0.1) is 11.8 Å². The molecule has 0 aliphatic rings. The summed E-state index contributed by atoms with van der Waals surface area (Å²) < 4.78 is 10.3. The number of rotatable bonds is 9. The SMILES string of the molecule is CSCCC(NC(=O)c1ccco1)C(=O)NNC(=O)COc1ccccc1C#N. The molecule has 0 spiro atoms. The normalized spacial score (nSPS) is 11.0. The average Bonchev–Trinajstić information content (AvgIpc) is 3.28. The van der Waals surface area contributed by atoms with Gasteiger partial charge < -0.3 is 14.5 Å². The molecular formula is C19H20N4O5S. The summed E-state index contributed by atoms with van der Waals surface area (Å²) in [4.78, 5) is 36.4. The number of hydrogen-bond donors (Lipinski definition) is 3. The van der Waals surface area contributed by atoms with Gasteiger partial charge in [0.25, 0.3) is 17.7 Å². The van der Waals surface area contributed by atoms with E-state index in [1.165, 1.54) is 24.1 Å². The third-order valence-electron chi connectivity index (χ3n) is 3.67. The summed E-state index contributed by atoms with van der Waals surface area (Å²) in [5, 5.41) is 11.6. The second-order valence-corrected chi connectivity index (χ2v) is 6.70. The number of hydrazine groups is 1. The van der Waals surface area contributed by atoms with Crippen molar-refractivity contribution in [2.24, 2.45) is 0 Å².